The van der Waals surface area contributed by atoms with Gasteiger partial charge in [0.05, 0.1) is 35.9 Å². The first-order valence-corrected chi connectivity index (χ1v) is 11.0. The summed E-state index contributed by atoms with van der Waals surface area (Å²) in [7, 11) is 0. The van der Waals surface area contributed by atoms with Crippen LogP contribution in [0, 0.1) is 5.82 Å². The van der Waals surface area contributed by atoms with Gasteiger partial charge in [0.2, 0.25) is 11.8 Å². The standard InChI is InChI=1S/C24H20F4N6O2/c1-23(2)16-18(32-22(23)35)30-19(31-21(16)36-11-9-24(26,27)28)17-14-7-5-10-29-20(14)34(33-17)12-13-6-3-4-8-15(13)25/h3-8,10H,9,11-12H2,1-2H3,(H,30,31,32,35). The van der Waals surface area contributed by atoms with E-state index in [0.717, 1.165) is 0 Å². The number of hydrogen-bond donors (Lipinski definition) is 1. The zero-order valence-electron chi connectivity index (χ0n) is 19.2. The minimum atomic E-state index is -4.42. The van der Waals surface area contributed by atoms with Gasteiger partial charge in [0.1, 0.15) is 17.3 Å². The van der Waals surface area contributed by atoms with Crippen molar-refractivity contribution in [3.63, 3.8) is 0 Å². The third-order valence-electron chi connectivity index (χ3n) is 5.92. The van der Waals surface area contributed by atoms with E-state index in [-0.39, 0.29) is 41.2 Å². The lowest BCUT2D eigenvalue weighted by atomic mass is 9.87. The predicted molar refractivity (Wildman–Crippen MR) is 122 cm³/mol. The number of anilines is 1. The molecule has 4 aromatic rings. The number of benzene rings is 1. The summed E-state index contributed by atoms with van der Waals surface area (Å²) in [6.45, 7) is 2.61. The summed E-state index contributed by atoms with van der Waals surface area (Å²) in [6, 6.07) is 9.66. The van der Waals surface area contributed by atoms with Crippen molar-refractivity contribution in [3.8, 4) is 17.4 Å². The van der Waals surface area contributed by atoms with E-state index >= 15 is 0 Å². The Hall–Kier alpha value is -4.09. The maximum Gasteiger partial charge on any atom is 0.392 e. The van der Waals surface area contributed by atoms with Crippen molar-refractivity contribution < 1.29 is 27.1 Å². The van der Waals surface area contributed by atoms with Gasteiger partial charge in [0, 0.05) is 11.8 Å². The number of amides is 1. The van der Waals surface area contributed by atoms with Gasteiger partial charge in [-0.25, -0.2) is 19.0 Å². The van der Waals surface area contributed by atoms with Crippen molar-refractivity contribution >= 4 is 22.8 Å². The molecule has 5 rings (SSSR count). The largest absolute Gasteiger partial charge is 0.477 e. The van der Waals surface area contributed by atoms with E-state index in [9.17, 15) is 22.4 Å². The molecule has 4 heterocycles. The molecule has 0 spiro atoms. The number of alkyl halides is 3. The van der Waals surface area contributed by atoms with Gasteiger partial charge >= 0.3 is 6.18 Å². The molecule has 0 radical (unpaired) electrons. The molecule has 0 aliphatic carbocycles. The van der Waals surface area contributed by atoms with Crippen LogP contribution >= 0.6 is 0 Å². The van der Waals surface area contributed by atoms with Crippen LogP contribution in [0.4, 0.5) is 23.4 Å². The number of halogens is 4. The van der Waals surface area contributed by atoms with Crippen molar-refractivity contribution in [2.45, 2.75) is 38.4 Å². The van der Waals surface area contributed by atoms with Crippen LogP contribution in [0.5, 0.6) is 5.88 Å². The monoisotopic (exact) mass is 500 g/mol. The molecule has 8 nitrogen and oxygen atoms in total. The molecule has 0 bridgehead atoms. The molecule has 1 aromatic carbocycles. The Morgan fingerprint density at radius 2 is 1.89 bits per heavy atom. The minimum absolute atomic E-state index is 0.0269. The smallest absolute Gasteiger partial charge is 0.392 e. The molecule has 1 N–H and O–H groups in total. The summed E-state index contributed by atoms with van der Waals surface area (Å²) in [5, 5.41) is 7.75. The minimum Gasteiger partial charge on any atom is -0.477 e. The summed E-state index contributed by atoms with van der Waals surface area (Å²) >= 11 is 0. The van der Waals surface area contributed by atoms with E-state index in [4.69, 9.17) is 4.74 Å². The number of ether oxygens (including phenoxy) is 1. The number of rotatable bonds is 6. The molecular formula is C24H20F4N6O2. The first-order valence-electron chi connectivity index (χ1n) is 11.0. The van der Waals surface area contributed by atoms with Crippen molar-refractivity contribution in [1.82, 2.24) is 24.7 Å². The van der Waals surface area contributed by atoms with Crippen LogP contribution in [0.25, 0.3) is 22.6 Å². The van der Waals surface area contributed by atoms with Crippen LogP contribution in [0.15, 0.2) is 42.6 Å². The van der Waals surface area contributed by atoms with Crippen molar-refractivity contribution in [2.24, 2.45) is 0 Å². The van der Waals surface area contributed by atoms with Crippen LogP contribution in [-0.2, 0) is 16.8 Å². The summed E-state index contributed by atoms with van der Waals surface area (Å²) in [5.74, 6) is -0.765. The Labute approximate surface area is 202 Å². The highest BCUT2D eigenvalue weighted by Gasteiger charge is 2.44. The molecule has 36 heavy (non-hydrogen) atoms. The second-order valence-electron chi connectivity index (χ2n) is 8.84. The third-order valence-corrected chi connectivity index (χ3v) is 5.92. The summed E-state index contributed by atoms with van der Waals surface area (Å²) in [5.41, 5.74) is 0.237. The molecule has 0 fully saturated rings. The Morgan fingerprint density at radius 1 is 1.11 bits per heavy atom. The van der Waals surface area contributed by atoms with Crippen LogP contribution < -0.4 is 10.1 Å². The SMILES string of the molecule is CC1(C)C(=O)Nc2nc(-c3nn(Cc4ccccc4F)c4ncccc34)nc(OCCC(F)(F)F)c21. The van der Waals surface area contributed by atoms with E-state index in [0.29, 0.717) is 16.6 Å². The number of nitrogens with zero attached hydrogens (tertiary/aromatic N) is 5. The van der Waals surface area contributed by atoms with Crippen LogP contribution in [0.1, 0.15) is 31.4 Å². The number of fused-ring (bicyclic) bond motifs is 2. The number of aromatic nitrogens is 5. The van der Waals surface area contributed by atoms with Gasteiger partial charge < -0.3 is 10.1 Å². The van der Waals surface area contributed by atoms with Gasteiger partial charge in [-0.1, -0.05) is 18.2 Å². The number of carbonyl (C=O) groups is 1. The molecule has 3 aromatic heterocycles. The normalized spacial score (nSPS) is 14.7. The molecule has 0 atom stereocenters. The Bertz CT molecular complexity index is 1480. The lowest BCUT2D eigenvalue weighted by molar-refractivity contribution is -0.139. The highest BCUT2D eigenvalue weighted by atomic mass is 19.4. The summed E-state index contributed by atoms with van der Waals surface area (Å²) in [4.78, 5) is 25.7. The van der Waals surface area contributed by atoms with Gasteiger partial charge in [-0.15, -0.1) is 0 Å². The van der Waals surface area contributed by atoms with Crippen LogP contribution in [0.2, 0.25) is 0 Å². The maximum absolute atomic E-state index is 14.3. The molecule has 12 heteroatoms. The quantitative estimate of drug-likeness (QED) is 0.388. The van der Waals surface area contributed by atoms with Crippen LogP contribution in [0.3, 0.4) is 0 Å². The number of carbonyl (C=O) groups excluding carboxylic acids is 1. The Kier molecular flexibility index (Phi) is 5.61. The van der Waals surface area contributed by atoms with Crippen molar-refractivity contribution in [2.75, 3.05) is 11.9 Å². The first-order chi connectivity index (χ1) is 17.0. The predicted octanol–water partition coefficient (Wildman–Crippen LogP) is 4.64. The number of hydrogen-bond acceptors (Lipinski definition) is 6. The van der Waals surface area contributed by atoms with Crippen LogP contribution in [-0.4, -0.2) is 43.4 Å². The number of pyridine rings is 1. The molecule has 0 saturated carbocycles. The first kappa shape index (κ1) is 23.6. The van der Waals surface area contributed by atoms with Gasteiger partial charge in [-0.3, -0.25) is 4.79 Å². The molecule has 1 aliphatic heterocycles. The molecule has 186 valence electrons. The topological polar surface area (TPSA) is 94.8 Å². The lowest BCUT2D eigenvalue weighted by Gasteiger charge is -2.18. The van der Waals surface area contributed by atoms with Crippen molar-refractivity contribution in [3.05, 3.63) is 59.5 Å². The van der Waals surface area contributed by atoms with Gasteiger partial charge in [0.15, 0.2) is 11.5 Å². The third kappa shape index (κ3) is 4.23. The molecular weight excluding hydrogens is 480 g/mol. The highest BCUT2D eigenvalue weighted by molar-refractivity contribution is 6.05. The Morgan fingerprint density at radius 3 is 2.64 bits per heavy atom. The fraction of sp³-hybridized carbons (Fsp3) is 0.292. The number of nitrogens with one attached hydrogen (secondary N) is 1. The summed E-state index contributed by atoms with van der Waals surface area (Å²) < 4.78 is 59.5. The van der Waals surface area contributed by atoms with Gasteiger partial charge in [-0.2, -0.15) is 23.3 Å². The second-order valence-corrected chi connectivity index (χ2v) is 8.84. The van der Waals surface area contributed by atoms with Gasteiger partial charge in [-0.05, 0) is 32.0 Å². The summed E-state index contributed by atoms with van der Waals surface area (Å²) in [6.07, 6.45) is -4.05. The Balaban J connectivity index is 1.62. The van der Waals surface area contributed by atoms with E-state index in [1.807, 2.05) is 0 Å². The second kappa shape index (κ2) is 8.54. The van der Waals surface area contributed by atoms with Crippen molar-refractivity contribution in [1.29, 1.82) is 0 Å². The zero-order valence-corrected chi connectivity index (χ0v) is 19.2. The highest BCUT2D eigenvalue weighted by Crippen LogP contribution is 2.43. The molecule has 0 unspecified atom stereocenters. The van der Waals surface area contributed by atoms with E-state index in [1.54, 1.807) is 50.4 Å². The molecule has 1 amide bonds. The average Bonchev–Trinajstić information content (AvgIpc) is 3.28. The molecule has 0 saturated heterocycles. The van der Waals surface area contributed by atoms with E-state index in [1.165, 1.54) is 10.7 Å². The molecule has 1 aliphatic rings. The average molecular weight is 500 g/mol. The fourth-order valence-corrected chi connectivity index (χ4v) is 4.02. The van der Waals surface area contributed by atoms with E-state index < -0.39 is 30.4 Å². The fourth-order valence-electron chi connectivity index (χ4n) is 4.02. The lowest BCUT2D eigenvalue weighted by Crippen LogP contribution is -2.27. The maximum atomic E-state index is 14.3. The van der Waals surface area contributed by atoms with Gasteiger partial charge in [0.25, 0.3) is 0 Å². The zero-order chi connectivity index (χ0) is 25.7. The van der Waals surface area contributed by atoms with E-state index in [2.05, 4.69) is 25.4 Å².